The molecular formula is C15H21NO3S. The largest absolute Gasteiger partial charge is 0.493 e. The average Bonchev–Trinajstić information content (AvgIpc) is 2.76. The summed E-state index contributed by atoms with van der Waals surface area (Å²) in [6.45, 7) is 2.02. The molecule has 0 atom stereocenters. The van der Waals surface area contributed by atoms with Crippen LogP contribution in [0, 0.1) is 0 Å². The van der Waals surface area contributed by atoms with Crippen LogP contribution < -0.4 is 4.74 Å². The van der Waals surface area contributed by atoms with E-state index in [0.29, 0.717) is 18.0 Å². The zero-order chi connectivity index (χ0) is 14.0. The normalized spacial score (nSPS) is 20.8. The molecule has 1 aromatic rings. The van der Waals surface area contributed by atoms with Gasteiger partial charge in [-0.1, -0.05) is 12.8 Å². The van der Waals surface area contributed by atoms with E-state index < -0.39 is 10.0 Å². The average molecular weight is 295 g/mol. The molecule has 0 N–H and O–H groups in total. The predicted octanol–water partition coefficient (Wildman–Crippen LogP) is 2.58. The van der Waals surface area contributed by atoms with E-state index in [1.165, 1.54) is 0 Å². The van der Waals surface area contributed by atoms with E-state index in [9.17, 15) is 8.42 Å². The summed E-state index contributed by atoms with van der Waals surface area (Å²) >= 11 is 0. The van der Waals surface area contributed by atoms with E-state index in [-0.39, 0.29) is 0 Å². The Morgan fingerprint density at radius 2 is 1.75 bits per heavy atom. The number of benzene rings is 1. The predicted molar refractivity (Wildman–Crippen MR) is 77.5 cm³/mol. The second kappa shape index (κ2) is 5.74. The van der Waals surface area contributed by atoms with Gasteiger partial charge in [-0.3, -0.25) is 0 Å². The molecule has 1 fully saturated rings. The number of nitrogens with zero attached hydrogens (tertiary/aromatic N) is 1. The van der Waals surface area contributed by atoms with E-state index in [0.717, 1.165) is 56.4 Å². The van der Waals surface area contributed by atoms with Crippen LogP contribution in [0.15, 0.2) is 23.1 Å². The molecule has 1 aromatic carbocycles. The summed E-state index contributed by atoms with van der Waals surface area (Å²) in [5, 5.41) is 0. The van der Waals surface area contributed by atoms with Crippen molar-refractivity contribution < 1.29 is 13.2 Å². The van der Waals surface area contributed by atoms with Gasteiger partial charge in [-0.25, -0.2) is 8.42 Å². The van der Waals surface area contributed by atoms with Crippen molar-refractivity contribution in [3.8, 4) is 5.75 Å². The molecule has 2 heterocycles. The van der Waals surface area contributed by atoms with Crippen molar-refractivity contribution >= 4 is 10.0 Å². The van der Waals surface area contributed by atoms with Gasteiger partial charge in [0.25, 0.3) is 0 Å². The van der Waals surface area contributed by atoms with Gasteiger partial charge in [0, 0.05) is 13.1 Å². The monoisotopic (exact) mass is 295 g/mol. The molecule has 2 aliphatic heterocycles. The third kappa shape index (κ3) is 2.69. The fourth-order valence-corrected chi connectivity index (χ4v) is 4.50. The van der Waals surface area contributed by atoms with Crippen molar-refractivity contribution in [2.24, 2.45) is 0 Å². The minimum absolute atomic E-state index is 0.420. The highest BCUT2D eigenvalue weighted by atomic mass is 32.2. The molecule has 20 heavy (non-hydrogen) atoms. The highest BCUT2D eigenvalue weighted by Gasteiger charge is 2.26. The van der Waals surface area contributed by atoms with Crippen LogP contribution in [0.1, 0.15) is 37.7 Å². The molecule has 1 saturated heterocycles. The minimum atomic E-state index is -3.34. The first-order valence-corrected chi connectivity index (χ1v) is 8.88. The van der Waals surface area contributed by atoms with Crippen LogP contribution in [0.3, 0.4) is 0 Å². The lowest BCUT2D eigenvalue weighted by Crippen LogP contribution is -2.32. The Kier molecular flexibility index (Phi) is 3.98. The van der Waals surface area contributed by atoms with Crippen LogP contribution in [-0.4, -0.2) is 32.4 Å². The lowest BCUT2D eigenvalue weighted by Gasteiger charge is -2.22. The maximum Gasteiger partial charge on any atom is 0.243 e. The number of rotatable bonds is 2. The van der Waals surface area contributed by atoms with E-state index in [4.69, 9.17) is 4.74 Å². The van der Waals surface area contributed by atoms with E-state index >= 15 is 0 Å². The molecular weight excluding hydrogens is 274 g/mol. The number of sulfonamides is 1. The fourth-order valence-electron chi connectivity index (χ4n) is 2.93. The number of hydrogen-bond acceptors (Lipinski definition) is 3. The van der Waals surface area contributed by atoms with Crippen LogP contribution >= 0.6 is 0 Å². The van der Waals surface area contributed by atoms with E-state index in [1.54, 1.807) is 22.5 Å². The van der Waals surface area contributed by atoms with Crippen molar-refractivity contribution in [1.82, 2.24) is 4.31 Å². The summed E-state index contributed by atoms with van der Waals surface area (Å²) in [6.07, 6.45) is 6.05. The van der Waals surface area contributed by atoms with E-state index in [1.807, 2.05) is 0 Å². The maximum atomic E-state index is 12.7. The third-order valence-corrected chi connectivity index (χ3v) is 5.98. The topological polar surface area (TPSA) is 46.6 Å². The van der Waals surface area contributed by atoms with Crippen molar-refractivity contribution in [1.29, 1.82) is 0 Å². The molecule has 0 unspecified atom stereocenters. The van der Waals surface area contributed by atoms with E-state index in [2.05, 4.69) is 0 Å². The molecule has 110 valence electrons. The van der Waals surface area contributed by atoms with Gasteiger partial charge in [-0.15, -0.1) is 0 Å². The van der Waals surface area contributed by atoms with Gasteiger partial charge >= 0.3 is 0 Å². The second-order valence-corrected chi connectivity index (χ2v) is 7.48. The molecule has 0 spiro atoms. The number of ether oxygens (including phenoxy) is 1. The lowest BCUT2D eigenvalue weighted by molar-refractivity contribution is 0.288. The van der Waals surface area contributed by atoms with Gasteiger partial charge in [0.05, 0.1) is 11.5 Å². The van der Waals surface area contributed by atoms with Crippen LogP contribution in [0.2, 0.25) is 0 Å². The SMILES string of the molecule is O=S(=O)(c1ccc2c(c1)CCCO2)N1CCCCCC1. The number of aryl methyl sites for hydroxylation is 1. The third-order valence-electron chi connectivity index (χ3n) is 4.08. The quantitative estimate of drug-likeness (QED) is 0.842. The molecule has 4 nitrogen and oxygen atoms in total. The van der Waals surface area contributed by atoms with Crippen molar-refractivity contribution in [3.05, 3.63) is 23.8 Å². The first kappa shape index (κ1) is 13.9. The number of fused-ring (bicyclic) bond motifs is 1. The number of hydrogen-bond donors (Lipinski definition) is 0. The van der Waals surface area contributed by atoms with Crippen LogP contribution in [-0.2, 0) is 16.4 Å². The minimum Gasteiger partial charge on any atom is -0.493 e. The first-order valence-electron chi connectivity index (χ1n) is 7.44. The summed E-state index contributed by atoms with van der Waals surface area (Å²) < 4.78 is 32.6. The molecule has 0 bridgehead atoms. The summed E-state index contributed by atoms with van der Waals surface area (Å²) in [7, 11) is -3.34. The van der Waals surface area contributed by atoms with Crippen LogP contribution in [0.4, 0.5) is 0 Å². The smallest absolute Gasteiger partial charge is 0.243 e. The first-order chi connectivity index (χ1) is 9.68. The fraction of sp³-hybridized carbons (Fsp3) is 0.600. The van der Waals surface area contributed by atoms with Crippen molar-refractivity contribution in [2.45, 2.75) is 43.4 Å². The lowest BCUT2D eigenvalue weighted by atomic mass is 10.1. The second-order valence-electron chi connectivity index (χ2n) is 5.54. The van der Waals surface area contributed by atoms with Gasteiger partial charge < -0.3 is 4.74 Å². The maximum absolute atomic E-state index is 12.7. The summed E-state index contributed by atoms with van der Waals surface area (Å²) in [4.78, 5) is 0.420. The Morgan fingerprint density at radius 1 is 1.00 bits per heavy atom. The molecule has 0 amide bonds. The zero-order valence-corrected chi connectivity index (χ0v) is 12.5. The van der Waals surface area contributed by atoms with Gasteiger partial charge in [-0.2, -0.15) is 4.31 Å². The summed E-state index contributed by atoms with van der Waals surface area (Å²) in [6, 6.07) is 5.29. The molecule has 2 aliphatic rings. The Bertz CT molecular complexity index is 575. The molecule has 3 rings (SSSR count). The molecule has 5 heteroatoms. The zero-order valence-electron chi connectivity index (χ0n) is 11.7. The van der Waals surface area contributed by atoms with Gasteiger partial charge in [0.2, 0.25) is 10.0 Å². The van der Waals surface area contributed by atoms with Crippen molar-refractivity contribution in [2.75, 3.05) is 19.7 Å². The Balaban J connectivity index is 1.90. The Morgan fingerprint density at radius 3 is 2.50 bits per heavy atom. The van der Waals surface area contributed by atoms with Crippen molar-refractivity contribution in [3.63, 3.8) is 0 Å². The van der Waals surface area contributed by atoms with Gasteiger partial charge in [0.15, 0.2) is 0 Å². The Hall–Kier alpha value is -1.07. The standard InChI is InChI=1S/C15H21NO3S/c17-20(18,16-9-3-1-2-4-10-16)14-7-8-15-13(12-14)6-5-11-19-15/h7-8,12H,1-6,9-11H2. The van der Waals surface area contributed by atoms with Crippen LogP contribution in [0.5, 0.6) is 5.75 Å². The molecule has 0 saturated carbocycles. The molecule has 0 aliphatic carbocycles. The molecule has 0 aromatic heterocycles. The highest BCUT2D eigenvalue weighted by Crippen LogP contribution is 2.29. The molecule has 0 radical (unpaired) electrons. The summed E-state index contributed by atoms with van der Waals surface area (Å²) in [5.41, 5.74) is 1.02. The Labute approximate surface area is 120 Å². The van der Waals surface area contributed by atoms with Crippen LogP contribution in [0.25, 0.3) is 0 Å². The summed E-state index contributed by atoms with van der Waals surface area (Å²) in [5.74, 6) is 0.839. The van der Waals surface area contributed by atoms with Gasteiger partial charge in [-0.05, 0) is 49.4 Å². The van der Waals surface area contributed by atoms with Gasteiger partial charge in [0.1, 0.15) is 5.75 Å². The highest BCUT2D eigenvalue weighted by molar-refractivity contribution is 7.89.